The minimum atomic E-state index is 0.484. The molecule has 0 aliphatic rings. The highest BCUT2D eigenvalue weighted by molar-refractivity contribution is 5.98. The van der Waals surface area contributed by atoms with Crippen LogP contribution < -0.4 is 5.73 Å². The molecule has 4 nitrogen and oxygen atoms in total. The molecule has 0 bridgehead atoms. The minimum Gasteiger partial charge on any atom is -0.382 e. The molecule has 2 heterocycles. The van der Waals surface area contributed by atoms with Crippen LogP contribution in [0.1, 0.15) is 5.56 Å². The molecule has 0 fully saturated rings. The van der Waals surface area contributed by atoms with E-state index < -0.39 is 0 Å². The summed E-state index contributed by atoms with van der Waals surface area (Å²) in [4.78, 5) is 4.16. The van der Waals surface area contributed by atoms with E-state index >= 15 is 0 Å². The van der Waals surface area contributed by atoms with Gasteiger partial charge in [0.15, 0.2) is 5.82 Å². The zero-order valence-corrected chi connectivity index (χ0v) is 12.8. The van der Waals surface area contributed by atoms with Crippen LogP contribution in [0, 0.1) is 6.92 Å². The molecule has 0 atom stereocenters. The number of aryl methyl sites for hydroxylation is 1. The number of rotatable bonds is 2. The monoisotopic (exact) mass is 300 g/mol. The van der Waals surface area contributed by atoms with E-state index in [4.69, 9.17) is 5.73 Å². The smallest absolute Gasteiger partial charge is 0.151 e. The van der Waals surface area contributed by atoms with Crippen molar-refractivity contribution in [1.82, 2.24) is 14.6 Å². The summed E-state index contributed by atoms with van der Waals surface area (Å²) in [6.07, 6.45) is 3.49. The van der Waals surface area contributed by atoms with Crippen molar-refractivity contribution in [2.75, 3.05) is 5.73 Å². The van der Waals surface area contributed by atoms with Crippen LogP contribution in [0.4, 0.5) is 5.82 Å². The fourth-order valence-corrected chi connectivity index (χ4v) is 2.88. The standard InChI is InChI=1S/C19H16N4/c1-13-7-9-15(10-8-13)17-16(14-5-3-2-4-6-14)11-23-18(17)19(20)21-12-22-23/h2-12H,1H3,(H2,20,21,22). The molecule has 4 aromatic rings. The quantitative estimate of drug-likeness (QED) is 0.609. The van der Waals surface area contributed by atoms with Gasteiger partial charge in [-0.05, 0) is 18.1 Å². The van der Waals surface area contributed by atoms with Crippen LogP contribution in [0.5, 0.6) is 0 Å². The van der Waals surface area contributed by atoms with Crippen molar-refractivity contribution in [2.24, 2.45) is 0 Å². The molecule has 0 amide bonds. The topological polar surface area (TPSA) is 56.2 Å². The van der Waals surface area contributed by atoms with Gasteiger partial charge in [0.2, 0.25) is 0 Å². The molecule has 4 rings (SSSR count). The first-order valence-electron chi connectivity index (χ1n) is 7.48. The van der Waals surface area contributed by atoms with E-state index in [2.05, 4.69) is 53.4 Å². The first-order chi connectivity index (χ1) is 11.2. The number of hydrogen-bond acceptors (Lipinski definition) is 3. The van der Waals surface area contributed by atoms with Crippen LogP contribution in [0.2, 0.25) is 0 Å². The van der Waals surface area contributed by atoms with E-state index in [0.29, 0.717) is 5.82 Å². The maximum Gasteiger partial charge on any atom is 0.151 e. The van der Waals surface area contributed by atoms with Gasteiger partial charge in [0.25, 0.3) is 0 Å². The first-order valence-corrected chi connectivity index (χ1v) is 7.48. The van der Waals surface area contributed by atoms with Crippen LogP contribution in [0.25, 0.3) is 27.8 Å². The van der Waals surface area contributed by atoms with Crippen molar-refractivity contribution < 1.29 is 0 Å². The van der Waals surface area contributed by atoms with Crippen LogP contribution >= 0.6 is 0 Å². The molecular weight excluding hydrogens is 284 g/mol. The predicted molar refractivity (Wildman–Crippen MR) is 93.0 cm³/mol. The molecule has 2 aromatic heterocycles. The largest absolute Gasteiger partial charge is 0.382 e. The number of nitrogen functional groups attached to an aromatic ring is 1. The first kappa shape index (κ1) is 13.5. The zero-order valence-electron chi connectivity index (χ0n) is 12.8. The molecule has 4 heteroatoms. The molecule has 0 spiro atoms. The fraction of sp³-hybridized carbons (Fsp3) is 0.0526. The Morgan fingerprint density at radius 2 is 1.65 bits per heavy atom. The summed E-state index contributed by atoms with van der Waals surface area (Å²) in [7, 11) is 0. The van der Waals surface area contributed by atoms with E-state index in [0.717, 1.165) is 27.8 Å². The van der Waals surface area contributed by atoms with E-state index in [1.165, 1.54) is 11.9 Å². The SMILES string of the molecule is Cc1ccc(-c2c(-c3ccccc3)cn3ncnc(N)c23)cc1. The number of aromatic nitrogens is 3. The Bertz CT molecular complexity index is 970. The van der Waals surface area contributed by atoms with Crippen LogP contribution in [-0.2, 0) is 0 Å². The van der Waals surface area contributed by atoms with Gasteiger partial charge in [-0.2, -0.15) is 5.10 Å². The molecule has 0 aliphatic heterocycles. The Labute approximate surface area is 134 Å². The lowest BCUT2D eigenvalue weighted by Gasteiger charge is -2.07. The lowest BCUT2D eigenvalue weighted by Crippen LogP contribution is -1.98. The van der Waals surface area contributed by atoms with Gasteiger partial charge in [-0.25, -0.2) is 9.50 Å². The molecule has 0 saturated carbocycles. The Morgan fingerprint density at radius 3 is 2.39 bits per heavy atom. The highest BCUT2D eigenvalue weighted by atomic mass is 15.2. The molecule has 0 unspecified atom stereocenters. The molecule has 2 aromatic carbocycles. The van der Waals surface area contributed by atoms with Crippen molar-refractivity contribution >= 4 is 11.3 Å². The van der Waals surface area contributed by atoms with Gasteiger partial charge >= 0.3 is 0 Å². The van der Waals surface area contributed by atoms with E-state index in [9.17, 15) is 0 Å². The second-order valence-corrected chi connectivity index (χ2v) is 5.59. The van der Waals surface area contributed by atoms with E-state index in [1.807, 2.05) is 24.4 Å². The van der Waals surface area contributed by atoms with Crippen LogP contribution in [-0.4, -0.2) is 14.6 Å². The summed E-state index contributed by atoms with van der Waals surface area (Å²) >= 11 is 0. The van der Waals surface area contributed by atoms with E-state index in [1.54, 1.807) is 4.52 Å². The highest BCUT2D eigenvalue weighted by Gasteiger charge is 2.17. The maximum absolute atomic E-state index is 6.14. The number of benzene rings is 2. The summed E-state index contributed by atoms with van der Waals surface area (Å²) in [5.74, 6) is 0.484. The van der Waals surface area contributed by atoms with Crippen molar-refractivity contribution in [3.63, 3.8) is 0 Å². The number of nitrogens with two attached hydrogens (primary N) is 1. The third-order valence-corrected chi connectivity index (χ3v) is 4.03. The molecular formula is C19H16N4. The summed E-state index contributed by atoms with van der Waals surface area (Å²) in [6, 6.07) is 18.7. The molecule has 23 heavy (non-hydrogen) atoms. The van der Waals surface area contributed by atoms with Gasteiger partial charge < -0.3 is 5.73 Å². The number of anilines is 1. The maximum atomic E-state index is 6.14. The second kappa shape index (κ2) is 5.25. The van der Waals surface area contributed by atoms with Crippen molar-refractivity contribution in [2.45, 2.75) is 6.92 Å². The molecule has 0 radical (unpaired) electrons. The molecule has 2 N–H and O–H groups in total. The van der Waals surface area contributed by atoms with Crippen molar-refractivity contribution in [1.29, 1.82) is 0 Å². The van der Waals surface area contributed by atoms with E-state index in [-0.39, 0.29) is 0 Å². The third kappa shape index (κ3) is 2.25. The number of fused-ring (bicyclic) bond motifs is 1. The van der Waals surface area contributed by atoms with Crippen molar-refractivity contribution in [3.8, 4) is 22.3 Å². The van der Waals surface area contributed by atoms with Crippen LogP contribution in [0.3, 0.4) is 0 Å². The number of nitrogens with zero attached hydrogens (tertiary/aromatic N) is 3. The molecule has 0 aliphatic carbocycles. The number of hydrogen-bond donors (Lipinski definition) is 1. The summed E-state index contributed by atoms with van der Waals surface area (Å²) in [5.41, 5.74) is 12.6. The van der Waals surface area contributed by atoms with Gasteiger partial charge in [-0.1, -0.05) is 60.2 Å². The Morgan fingerprint density at radius 1 is 0.913 bits per heavy atom. The third-order valence-electron chi connectivity index (χ3n) is 4.03. The summed E-state index contributed by atoms with van der Waals surface area (Å²) < 4.78 is 1.81. The van der Waals surface area contributed by atoms with Crippen molar-refractivity contribution in [3.05, 3.63) is 72.7 Å². The average molecular weight is 300 g/mol. The summed E-state index contributed by atoms with van der Waals surface area (Å²) in [6.45, 7) is 2.08. The Balaban J connectivity index is 2.08. The summed E-state index contributed by atoms with van der Waals surface area (Å²) in [5, 5.41) is 4.32. The van der Waals surface area contributed by atoms with Gasteiger partial charge in [-0.15, -0.1) is 0 Å². The van der Waals surface area contributed by atoms with Gasteiger partial charge in [-0.3, -0.25) is 0 Å². The lowest BCUT2D eigenvalue weighted by molar-refractivity contribution is 0.908. The Hall–Kier alpha value is -3.14. The lowest BCUT2D eigenvalue weighted by atomic mass is 9.97. The molecule has 0 saturated heterocycles. The minimum absolute atomic E-state index is 0.484. The predicted octanol–water partition coefficient (Wildman–Crippen LogP) is 3.95. The highest BCUT2D eigenvalue weighted by Crippen LogP contribution is 2.38. The normalized spacial score (nSPS) is 11.0. The van der Waals surface area contributed by atoms with Gasteiger partial charge in [0.05, 0.1) is 0 Å². The molecule has 112 valence electrons. The Kier molecular flexibility index (Phi) is 3.08. The fourth-order valence-electron chi connectivity index (χ4n) is 2.88. The zero-order chi connectivity index (χ0) is 15.8. The van der Waals surface area contributed by atoms with Gasteiger partial charge in [0, 0.05) is 17.3 Å². The van der Waals surface area contributed by atoms with Gasteiger partial charge in [0.1, 0.15) is 11.8 Å². The van der Waals surface area contributed by atoms with Crippen LogP contribution in [0.15, 0.2) is 67.1 Å². The average Bonchev–Trinajstić information content (AvgIpc) is 2.97. The second-order valence-electron chi connectivity index (χ2n) is 5.59.